The number of para-hydroxylation sites is 1. The van der Waals surface area contributed by atoms with Crippen LogP contribution in [0.25, 0.3) is 11.3 Å². The number of methoxy groups -OCH3 is 2. The molecule has 0 fully saturated rings. The molecule has 1 aliphatic heterocycles. The van der Waals surface area contributed by atoms with Crippen LogP contribution in [0.4, 0.5) is 5.69 Å². The van der Waals surface area contributed by atoms with Crippen molar-refractivity contribution in [1.82, 2.24) is 9.13 Å². The molecule has 0 N–H and O–H groups in total. The topological polar surface area (TPSA) is 57.8 Å². The Bertz CT molecular complexity index is 1340. The molecule has 7 heteroatoms. The molecule has 0 saturated heterocycles. The van der Waals surface area contributed by atoms with Gasteiger partial charge >= 0.3 is 5.69 Å². The fraction of sp³-hybridized carbons (Fsp3) is 0.429. The molecule has 1 atom stereocenters. The summed E-state index contributed by atoms with van der Waals surface area (Å²) in [6.45, 7) is 11.4. The average molecular weight is 498 g/mol. The van der Waals surface area contributed by atoms with E-state index in [1.165, 1.54) is 11.1 Å². The Morgan fingerprint density at radius 2 is 1.54 bits per heavy atom. The first-order valence-electron chi connectivity index (χ1n) is 11.9. The van der Waals surface area contributed by atoms with Crippen molar-refractivity contribution in [3.63, 3.8) is 0 Å². The van der Waals surface area contributed by atoms with Crippen LogP contribution in [-0.2, 0) is 13.6 Å². The molecule has 35 heavy (non-hydrogen) atoms. The lowest BCUT2D eigenvalue weighted by atomic mass is 9.89. The summed E-state index contributed by atoms with van der Waals surface area (Å²) in [5, 5.41) is 0. The molecule has 2 heterocycles. The van der Waals surface area contributed by atoms with E-state index >= 15 is 0 Å². The first-order chi connectivity index (χ1) is 16.2. The third-order valence-corrected chi connectivity index (χ3v) is 6.81. The third-order valence-electron chi connectivity index (χ3n) is 6.81. The van der Waals surface area contributed by atoms with Crippen LogP contribution in [0.2, 0.25) is 0 Å². The highest BCUT2D eigenvalue weighted by molar-refractivity contribution is 5.85. The minimum absolute atomic E-state index is 0. The number of fused-ring (bicyclic) bond motifs is 3. The van der Waals surface area contributed by atoms with Crippen LogP contribution in [0.1, 0.15) is 69.1 Å². The maximum absolute atomic E-state index is 13.5. The first kappa shape index (κ1) is 26.6. The molecule has 4 rings (SSSR count). The van der Waals surface area contributed by atoms with Gasteiger partial charge in [0.25, 0.3) is 0 Å². The van der Waals surface area contributed by atoms with Gasteiger partial charge in [0, 0.05) is 31.1 Å². The van der Waals surface area contributed by atoms with Gasteiger partial charge in [0.15, 0.2) is 11.5 Å². The van der Waals surface area contributed by atoms with Crippen LogP contribution in [-0.4, -0.2) is 23.4 Å². The lowest BCUT2D eigenvalue weighted by molar-refractivity contribution is 0.354. The van der Waals surface area contributed by atoms with Gasteiger partial charge < -0.3 is 9.47 Å². The predicted molar refractivity (Wildman–Crippen MR) is 144 cm³/mol. The Balaban J connectivity index is 0.00000342. The van der Waals surface area contributed by atoms with Crippen LogP contribution in [0.5, 0.6) is 11.5 Å². The second kappa shape index (κ2) is 10.3. The van der Waals surface area contributed by atoms with E-state index in [-0.39, 0.29) is 24.0 Å². The summed E-state index contributed by atoms with van der Waals surface area (Å²) in [7, 11) is 5.08. The molecule has 188 valence electrons. The van der Waals surface area contributed by atoms with Crippen LogP contribution < -0.4 is 20.7 Å². The van der Waals surface area contributed by atoms with Gasteiger partial charge in [0.05, 0.1) is 25.6 Å². The Morgan fingerprint density at radius 1 is 0.971 bits per heavy atom. The molecule has 1 unspecified atom stereocenters. The van der Waals surface area contributed by atoms with Crippen LogP contribution in [0.3, 0.4) is 0 Å². The van der Waals surface area contributed by atoms with Crippen LogP contribution in [0.15, 0.2) is 46.2 Å². The molecule has 0 bridgehead atoms. The standard InChI is InChI=1S/C28H35N3O3.ClH/c1-16(2)19-10-9-11-20(17(3)4)27(19)29-26-14-23-22-13-25(34-8)24(33-7)12-21(22)18(5)15-31(23)28(32)30(26)6;/h9-14,16-18H,15H2,1-8H3;1H. The Kier molecular flexibility index (Phi) is 7.85. The lowest BCUT2D eigenvalue weighted by Crippen LogP contribution is -2.41. The zero-order valence-corrected chi connectivity index (χ0v) is 22.7. The molecule has 1 aromatic heterocycles. The minimum Gasteiger partial charge on any atom is -0.493 e. The van der Waals surface area contributed by atoms with Gasteiger partial charge in [-0.15, -0.1) is 12.4 Å². The van der Waals surface area contributed by atoms with E-state index < -0.39 is 0 Å². The molecule has 0 radical (unpaired) electrons. The van der Waals surface area contributed by atoms with E-state index in [1.54, 1.807) is 25.8 Å². The Morgan fingerprint density at radius 3 is 2.09 bits per heavy atom. The second-order valence-corrected chi connectivity index (χ2v) is 9.74. The largest absolute Gasteiger partial charge is 0.493 e. The molecule has 2 aromatic carbocycles. The van der Waals surface area contributed by atoms with E-state index in [4.69, 9.17) is 14.5 Å². The molecular weight excluding hydrogens is 462 g/mol. The van der Waals surface area contributed by atoms with Gasteiger partial charge in [-0.3, -0.25) is 9.13 Å². The molecule has 6 nitrogen and oxygen atoms in total. The number of nitrogens with zero attached hydrogens (tertiary/aromatic N) is 3. The summed E-state index contributed by atoms with van der Waals surface area (Å²) in [6.07, 6.45) is 0. The van der Waals surface area contributed by atoms with Crippen molar-refractivity contribution in [2.24, 2.45) is 12.0 Å². The van der Waals surface area contributed by atoms with Crippen molar-refractivity contribution in [3.8, 4) is 22.8 Å². The number of aromatic nitrogens is 2. The smallest absolute Gasteiger partial charge is 0.329 e. The fourth-order valence-corrected chi connectivity index (χ4v) is 4.84. The van der Waals surface area contributed by atoms with Gasteiger partial charge in [-0.05, 0) is 40.7 Å². The number of benzene rings is 2. The summed E-state index contributed by atoms with van der Waals surface area (Å²) >= 11 is 0. The highest BCUT2D eigenvalue weighted by Crippen LogP contribution is 2.41. The zero-order valence-electron chi connectivity index (χ0n) is 21.9. The molecule has 3 aromatic rings. The lowest BCUT2D eigenvalue weighted by Gasteiger charge is -2.28. The maximum Gasteiger partial charge on any atom is 0.329 e. The van der Waals surface area contributed by atoms with Gasteiger partial charge in [-0.1, -0.05) is 52.8 Å². The number of halogens is 1. The van der Waals surface area contributed by atoms with Crippen molar-refractivity contribution in [3.05, 3.63) is 69.1 Å². The van der Waals surface area contributed by atoms with Gasteiger partial charge in [0.1, 0.15) is 5.49 Å². The van der Waals surface area contributed by atoms with Crippen LogP contribution in [0, 0.1) is 0 Å². The van der Waals surface area contributed by atoms with Gasteiger partial charge in [-0.25, -0.2) is 9.79 Å². The number of rotatable bonds is 5. The minimum atomic E-state index is -0.0725. The Labute approximate surface area is 213 Å². The highest BCUT2D eigenvalue weighted by atomic mass is 35.5. The predicted octanol–water partition coefficient (Wildman–Crippen LogP) is 5.89. The normalized spacial score (nSPS) is 15.0. The summed E-state index contributed by atoms with van der Waals surface area (Å²) in [5.41, 5.74) is 6.87. The van der Waals surface area contributed by atoms with E-state index in [0.29, 0.717) is 35.4 Å². The first-order valence-corrected chi connectivity index (χ1v) is 11.9. The molecule has 0 amide bonds. The average Bonchev–Trinajstić information content (AvgIpc) is 2.82. The van der Waals surface area contributed by atoms with Crippen LogP contribution >= 0.6 is 12.4 Å². The van der Waals surface area contributed by atoms with Crippen molar-refractivity contribution in [2.45, 2.75) is 58.9 Å². The van der Waals surface area contributed by atoms with E-state index in [9.17, 15) is 4.79 Å². The molecule has 1 aliphatic rings. The van der Waals surface area contributed by atoms with Crippen molar-refractivity contribution >= 4 is 18.1 Å². The third kappa shape index (κ3) is 4.64. The second-order valence-electron chi connectivity index (χ2n) is 9.74. The summed E-state index contributed by atoms with van der Waals surface area (Å²) in [6, 6.07) is 12.4. The van der Waals surface area contributed by atoms with E-state index in [1.807, 2.05) is 22.8 Å². The molecule has 0 aliphatic carbocycles. The SMILES string of the molecule is COc1cc2c(cc1OC)C(C)Cn1c-2cc(=Nc2c(C(C)C)cccc2C(C)C)n(C)c1=O.Cl. The quantitative estimate of drug-likeness (QED) is 0.441. The van der Waals surface area contributed by atoms with E-state index in [2.05, 4.69) is 52.8 Å². The molecular formula is C28H36ClN3O3. The summed E-state index contributed by atoms with van der Waals surface area (Å²) in [4.78, 5) is 18.6. The summed E-state index contributed by atoms with van der Waals surface area (Å²) in [5.74, 6) is 2.15. The maximum atomic E-state index is 13.5. The number of hydrogen-bond acceptors (Lipinski definition) is 4. The van der Waals surface area contributed by atoms with E-state index in [0.717, 1.165) is 22.5 Å². The molecule has 0 saturated carbocycles. The van der Waals surface area contributed by atoms with Crippen molar-refractivity contribution in [2.75, 3.05) is 14.2 Å². The summed E-state index contributed by atoms with van der Waals surface area (Å²) < 4.78 is 14.6. The van der Waals surface area contributed by atoms with Gasteiger partial charge in [-0.2, -0.15) is 0 Å². The number of ether oxygens (including phenoxy) is 2. The Hall–Kier alpha value is -2.99. The molecule has 0 spiro atoms. The fourth-order valence-electron chi connectivity index (χ4n) is 4.84. The zero-order chi connectivity index (χ0) is 24.7. The van der Waals surface area contributed by atoms with Crippen molar-refractivity contribution < 1.29 is 9.47 Å². The number of hydrogen-bond donors (Lipinski definition) is 0. The highest BCUT2D eigenvalue weighted by Gasteiger charge is 2.26. The monoisotopic (exact) mass is 497 g/mol. The van der Waals surface area contributed by atoms with Crippen molar-refractivity contribution in [1.29, 1.82) is 0 Å². The van der Waals surface area contributed by atoms with Gasteiger partial charge in [0.2, 0.25) is 0 Å².